The zero-order chi connectivity index (χ0) is 17.3. The van der Waals surface area contributed by atoms with Crippen molar-refractivity contribution in [3.63, 3.8) is 0 Å². The Balaban J connectivity index is 1.79. The highest BCUT2D eigenvalue weighted by molar-refractivity contribution is 6.06. The molecule has 0 saturated heterocycles. The Morgan fingerprint density at radius 2 is 1.88 bits per heavy atom. The van der Waals surface area contributed by atoms with Gasteiger partial charge in [0.1, 0.15) is 5.75 Å². The van der Waals surface area contributed by atoms with E-state index in [4.69, 9.17) is 4.74 Å². The Bertz CT molecular complexity index is 785. The molecule has 0 fully saturated rings. The summed E-state index contributed by atoms with van der Waals surface area (Å²) < 4.78 is 5.37. The Labute approximate surface area is 140 Å². The molecule has 0 saturated carbocycles. The molecule has 2 aromatic rings. The number of rotatable bonds is 3. The Kier molecular flexibility index (Phi) is 4.12. The lowest BCUT2D eigenvalue weighted by molar-refractivity contribution is -0.120. The van der Waals surface area contributed by atoms with Crippen LogP contribution in [0.5, 0.6) is 5.75 Å². The molecule has 3 rings (SSSR count). The quantitative estimate of drug-likeness (QED) is 0.941. The number of benzene rings is 2. The van der Waals surface area contributed by atoms with Gasteiger partial charge in [-0.25, -0.2) is 0 Å². The molecule has 24 heavy (non-hydrogen) atoms. The molecule has 0 bridgehead atoms. The molecule has 1 N–H and O–H groups in total. The first-order chi connectivity index (χ1) is 11.5. The van der Waals surface area contributed by atoms with Crippen molar-refractivity contribution >= 4 is 28.9 Å². The van der Waals surface area contributed by atoms with Gasteiger partial charge in [0, 0.05) is 38.1 Å². The zero-order valence-electron chi connectivity index (χ0n) is 13.9. The summed E-state index contributed by atoms with van der Waals surface area (Å²) in [6.07, 6.45) is 0. The number of fused-ring (bicyclic) bond motifs is 1. The third-order valence-corrected chi connectivity index (χ3v) is 3.95. The lowest BCUT2D eigenvalue weighted by Crippen LogP contribution is -2.35. The molecule has 0 aliphatic carbocycles. The summed E-state index contributed by atoms with van der Waals surface area (Å²) in [5.41, 5.74) is 2.83. The highest BCUT2D eigenvalue weighted by atomic mass is 16.5. The van der Waals surface area contributed by atoms with E-state index in [1.807, 2.05) is 43.3 Å². The second kappa shape index (κ2) is 6.23. The summed E-state index contributed by atoms with van der Waals surface area (Å²) >= 11 is 0. The first-order valence-corrected chi connectivity index (χ1v) is 7.58. The maximum atomic E-state index is 12.4. The monoisotopic (exact) mass is 325 g/mol. The maximum Gasteiger partial charge on any atom is 0.264 e. The summed E-state index contributed by atoms with van der Waals surface area (Å²) in [6.45, 7) is 0.0211. The Morgan fingerprint density at radius 1 is 1.17 bits per heavy atom. The average molecular weight is 325 g/mol. The van der Waals surface area contributed by atoms with E-state index in [1.165, 1.54) is 4.90 Å². The van der Waals surface area contributed by atoms with Gasteiger partial charge in [-0.3, -0.25) is 9.59 Å². The first kappa shape index (κ1) is 15.9. The predicted molar refractivity (Wildman–Crippen MR) is 94.1 cm³/mol. The average Bonchev–Trinajstić information content (AvgIpc) is 2.58. The number of carbonyl (C=O) groups excluding carboxylic acids is 2. The molecule has 6 nitrogen and oxygen atoms in total. The van der Waals surface area contributed by atoms with Crippen molar-refractivity contribution < 1.29 is 14.3 Å². The van der Waals surface area contributed by atoms with Crippen LogP contribution in [0.1, 0.15) is 10.4 Å². The minimum absolute atomic E-state index is 0.0211. The molecule has 1 aliphatic rings. The molecule has 1 heterocycles. The van der Waals surface area contributed by atoms with Crippen molar-refractivity contribution in [2.75, 3.05) is 42.9 Å². The van der Waals surface area contributed by atoms with Crippen molar-refractivity contribution in [2.45, 2.75) is 0 Å². The van der Waals surface area contributed by atoms with Crippen LogP contribution < -0.4 is 19.9 Å². The van der Waals surface area contributed by atoms with E-state index < -0.39 is 0 Å². The number of likely N-dealkylation sites (N-methyl/N-ethyl adjacent to an activating group) is 1. The van der Waals surface area contributed by atoms with Gasteiger partial charge < -0.3 is 19.9 Å². The zero-order valence-corrected chi connectivity index (χ0v) is 13.9. The van der Waals surface area contributed by atoms with Gasteiger partial charge in [0.2, 0.25) is 0 Å². The molecule has 0 aromatic heterocycles. The highest BCUT2D eigenvalue weighted by Gasteiger charge is 2.23. The molecular formula is C18H19N3O3. The van der Waals surface area contributed by atoms with E-state index in [9.17, 15) is 9.59 Å². The topological polar surface area (TPSA) is 61.9 Å². The van der Waals surface area contributed by atoms with Crippen molar-refractivity contribution in [3.8, 4) is 5.75 Å². The first-order valence-electron chi connectivity index (χ1n) is 7.58. The van der Waals surface area contributed by atoms with Gasteiger partial charge >= 0.3 is 0 Å². The van der Waals surface area contributed by atoms with Gasteiger partial charge in [0.05, 0.1) is 5.69 Å². The van der Waals surface area contributed by atoms with E-state index in [2.05, 4.69) is 5.32 Å². The summed E-state index contributed by atoms with van der Waals surface area (Å²) in [5.74, 6) is 0.227. The van der Waals surface area contributed by atoms with E-state index in [-0.39, 0.29) is 18.4 Å². The van der Waals surface area contributed by atoms with Crippen LogP contribution in [0.15, 0.2) is 42.5 Å². The molecule has 0 unspecified atom stereocenters. The number of anilines is 3. The number of ether oxygens (including phenoxy) is 1. The number of amides is 2. The maximum absolute atomic E-state index is 12.4. The molecule has 2 aromatic carbocycles. The lowest BCUT2D eigenvalue weighted by atomic mass is 10.1. The fourth-order valence-corrected chi connectivity index (χ4v) is 2.46. The SMILES string of the molecule is CN(C)c1ccc(NC(=O)c2ccc3c(c2)N(C)C(=O)CO3)cc1. The van der Waals surface area contributed by atoms with Crippen LogP contribution in [-0.4, -0.2) is 39.6 Å². The molecule has 1 aliphatic heterocycles. The summed E-state index contributed by atoms with van der Waals surface area (Å²) in [5, 5.41) is 2.86. The molecule has 6 heteroatoms. The minimum atomic E-state index is -0.234. The van der Waals surface area contributed by atoms with Gasteiger partial charge in [-0.2, -0.15) is 0 Å². The molecule has 0 radical (unpaired) electrons. The van der Waals surface area contributed by atoms with Crippen LogP contribution >= 0.6 is 0 Å². The molecule has 124 valence electrons. The van der Waals surface area contributed by atoms with Gasteiger partial charge in [-0.15, -0.1) is 0 Å². The second-order valence-corrected chi connectivity index (χ2v) is 5.82. The van der Waals surface area contributed by atoms with Gasteiger partial charge in [0.25, 0.3) is 11.8 Å². The Hall–Kier alpha value is -3.02. The Morgan fingerprint density at radius 3 is 2.54 bits per heavy atom. The van der Waals surface area contributed by atoms with Crippen LogP contribution in [0.2, 0.25) is 0 Å². The van der Waals surface area contributed by atoms with E-state index >= 15 is 0 Å². The van der Waals surface area contributed by atoms with Crippen LogP contribution in [0.3, 0.4) is 0 Å². The molecular weight excluding hydrogens is 306 g/mol. The third-order valence-electron chi connectivity index (χ3n) is 3.95. The summed E-state index contributed by atoms with van der Waals surface area (Å²) in [6, 6.07) is 12.6. The normalized spacial score (nSPS) is 13.1. The molecule has 2 amide bonds. The van der Waals surface area contributed by atoms with Crippen molar-refractivity contribution in [1.29, 1.82) is 0 Å². The van der Waals surface area contributed by atoms with Crippen LogP contribution in [-0.2, 0) is 4.79 Å². The van der Waals surface area contributed by atoms with E-state index in [0.717, 1.165) is 5.69 Å². The van der Waals surface area contributed by atoms with Crippen LogP contribution in [0.25, 0.3) is 0 Å². The predicted octanol–water partition coefficient (Wildman–Crippen LogP) is 2.36. The smallest absolute Gasteiger partial charge is 0.264 e. The van der Waals surface area contributed by atoms with E-state index in [1.54, 1.807) is 25.2 Å². The standard InChI is InChI=1S/C18H19N3O3/c1-20(2)14-7-5-13(6-8-14)19-18(23)12-4-9-16-15(10-12)21(3)17(22)11-24-16/h4-10H,11H2,1-3H3,(H,19,23). The van der Waals surface area contributed by atoms with Gasteiger partial charge in [-0.1, -0.05) is 0 Å². The number of nitrogens with zero attached hydrogens (tertiary/aromatic N) is 2. The van der Waals surface area contributed by atoms with E-state index in [0.29, 0.717) is 22.7 Å². The number of carbonyl (C=O) groups is 2. The van der Waals surface area contributed by atoms with Crippen molar-refractivity contribution in [3.05, 3.63) is 48.0 Å². The summed E-state index contributed by atoms with van der Waals surface area (Å²) in [4.78, 5) is 27.6. The second-order valence-electron chi connectivity index (χ2n) is 5.82. The number of nitrogens with one attached hydrogen (secondary N) is 1. The fraction of sp³-hybridized carbons (Fsp3) is 0.222. The fourth-order valence-electron chi connectivity index (χ4n) is 2.46. The lowest BCUT2D eigenvalue weighted by Gasteiger charge is -2.26. The van der Waals surface area contributed by atoms with Gasteiger partial charge in [0.15, 0.2) is 6.61 Å². The largest absolute Gasteiger partial charge is 0.482 e. The number of hydrogen-bond acceptors (Lipinski definition) is 4. The molecule has 0 spiro atoms. The third kappa shape index (κ3) is 3.03. The molecule has 0 atom stereocenters. The van der Waals surface area contributed by atoms with Crippen molar-refractivity contribution in [2.24, 2.45) is 0 Å². The van der Waals surface area contributed by atoms with Crippen LogP contribution in [0, 0.1) is 0 Å². The van der Waals surface area contributed by atoms with Gasteiger partial charge in [-0.05, 0) is 42.5 Å². The highest BCUT2D eigenvalue weighted by Crippen LogP contribution is 2.32. The minimum Gasteiger partial charge on any atom is -0.482 e. The summed E-state index contributed by atoms with van der Waals surface area (Å²) in [7, 11) is 5.59. The van der Waals surface area contributed by atoms with Crippen LogP contribution in [0.4, 0.5) is 17.1 Å². The van der Waals surface area contributed by atoms with Crippen molar-refractivity contribution in [1.82, 2.24) is 0 Å². The number of hydrogen-bond donors (Lipinski definition) is 1.